The standard InChI is InChI=1S/C15H17N5O3/c16-9-11-4-2-1-3-10(11)5-8-14(21)18-13-7-6-12(20(22)23)15(17)19-13/h1-4,6-7H,5,8-9,16H2,(H3,17,18,19,21). The molecule has 0 aliphatic carbocycles. The zero-order valence-corrected chi connectivity index (χ0v) is 12.4. The largest absolute Gasteiger partial charge is 0.378 e. The second-order valence-corrected chi connectivity index (χ2v) is 4.88. The van der Waals surface area contributed by atoms with Gasteiger partial charge in [-0.15, -0.1) is 0 Å². The maximum Gasteiger partial charge on any atom is 0.311 e. The first-order valence-electron chi connectivity index (χ1n) is 6.99. The summed E-state index contributed by atoms with van der Waals surface area (Å²) in [5.74, 6) is -0.302. The highest BCUT2D eigenvalue weighted by Gasteiger charge is 2.14. The third-order valence-electron chi connectivity index (χ3n) is 3.33. The summed E-state index contributed by atoms with van der Waals surface area (Å²) in [6.07, 6.45) is 0.789. The molecule has 0 spiro atoms. The van der Waals surface area contributed by atoms with Crippen molar-refractivity contribution >= 4 is 23.2 Å². The first kappa shape index (κ1) is 16.4. The van der Waals surface area contributed by atoms with Crippen LogP contribution in [0.1, 0.15) is 17.5 Å². The molecule has 2 aromatic rings. The van der Waals surface area contributed by atoms with E-state index in [9.17, 15) is 14.9 Å². The summed E-state index contributed by atoms with van der Waals surface area (Å²) in [6, 6.07) is 10.2. The molecule has 8 nitrogen and oxygen atoms in total. The van der Waals surface area contributed by atoms with Crippen LogP contribution in [0.3, 0.4) is 0 Å². The Morgan fingerprint density at radius 3 is 2.52 bits per heavy atom. The quantitative estimate of drug-likeness (QED) is 0.547. The highest BCUT2D eigenvalue weighted by Crippen LogP contribution is 2.20. The lowest BCUT2D eigenvalue weighted by atomic mass is 10.0. The van der Waals surface area contributed by atoms with E-state index in [1.807, 2.05) is 24.3 Å². The molecule has 0 atom stereocenters. The number of pyridine rings is 1. The average molecular weight is 315 g/mol. The number of aryl methyl sites for hydroxylation is 1. The van der Waals surface area contributed by atoms with Gasteiger partial charge in [0.2, 0.25) is 11.7 Å². The highest BCUT2D eigenvalue weighted by molar-refractivity contribution is 5.90. The monoisotopic (exact) mass is 315 g/mol. The number of anilines is 2. The Bertz CT molecular complexity index is 733. The number of aromatic nitrogens is 1. The predicted molar refractivity (Wildman–Crippen MR) is 86.6 cm³/mol. The number of nitrogens with one attached hydrogen (secondary N) is 1. The maximum atomic E-state index is 12.0. The number of rotatable bonds is 6. The van der Waals surface area contributed by atoms with Crippen molar-refractivity contribution in [3.05, 3.63) is 57.6 Å². The molecule has 1 aromatic carbocycles. The van der Waals surface area contributed by atoms with Crippen molar-refractivity contribution in [2.24, 2.45) is 5.73 Å². The van der Waals surface area contributed by atoms with Gasteiger partial charge in [0, 0.05) is 19.0 Å². The Balaban J connectivity index is 1.97. The SMILES string of the molecule is NCc1ccccc1CCC(=O)Nc1ccc([N+](=O)[O-])c(N)n1. The molecule has 0 saturated heterocycles. The van der Waals surface area contributed by atoms with Gasteiger partial charge in [0.15, 0.2) is 0 Å². The normalized spacial score (nSPS) is 10.3. The molecule has 0 aliphatic rings. The fraction of sp³-hybridized carbons (Fsp3) is 0.200. The molecule has 0 saturated carbocycles. The molecule has 1 heterocycles. The van der Waals surface area contributed by atoms with Gasteiger partial charge in [-0.1, -0.05) is 24.3 Å². The lowest BCUT2D eigenvalue weighted by molar-refractivity contribution is -0.384. The molecular formula is C15H17N5O3. The van der Waals surface area contributed by atoms with Crippen molar-refractivity contribution in [3.8, 4) is 0 Å². The second-order valence-electron chi connectivity index (χ2n) is 4.88. The van der Waals surface area contributed by atoms with E-state index >= 15 is 0 Å². The fourth-order valence-corrected chi connectivity index (χ4v) is 2.15. The van der Waals surface area contributed by atoms with Gasteiger partial charge in [-0.05, 0) is 23.6 Å². The third kappa shape index (κ3) is 4.24. The van der Waals surface area contributed by atoms with Gasteiger partial charge >= 0.3 is 5.69 Å². The van der Waals surface area contributed by atoms with Gasteiger partial charge in [0.05, 0.1) is 4.92 Å². The van der Waals surface area contributed by atoms with Crippen molar-refractivity contribution in [2.75, 3.05) is 11.1 Å². The van der Waals surface area contributed by atoms with E-state index < -0.39 is 4.92 Å². The third-order valence-corrected chi connectivity index (χ3v) is 3.33. The maximum absolute atomic E-state index is 12.0. The lowest BCUT2D eigenvalue weighted by Crippen LogP contribution is -2.14. The van der Waals surface area contributed by atoms with Gasteiger partial charge in [0.1, 0.15) is 5.82 Å². The van der Waals surface area contributed by atoms with Crippen molar-refractivity contribution in [3.63, 3.8) is 0 Å². The van der Waals surface area contributed by atoms with Crippen LogP contribution in [-0.2, 0) is 17.8 Å². The fourth-order valence-electron chi connectivity index (χ4n) is 2.15. The van der Waals surface area contributed by atoms with Gasteiger partial charge in [-0.3, -0.25) is 14.9 Å². The van der Waals surface area contributed by atoms with Crippen LogP contribution >= 0.6 is 0 Å². The summed E-state index contributed by atoms with van der Waals surface area (Å²) in [5, 5.41) is 13.2. The molecule has 0 bridgehead atoms. The lowest BCUT2D eigenvalue weighted by Gasteiger charge is -2.08. The summed E-state index contributed by atoms with van der Waals surface area (Å²) in [6.45, 7) is 0.415. The first-order chi connectivity index (χ1) is 11.0. The van der Waals surface area contributed by atoms with E-state index in [1.165, 1.54) is 12.1 Å². The Morgan fingerprint density at radius 1 is 1.22 bits per heavy atom. The Labute approximate surface area is 132 Å². The Kier molecular flexibility index (Phi) is 5.21. The van der Waals surface area contributed by atoms with Crippen molar-refractivity contribution in [2.45, 2.75) is 19.4 Å². The number of amides is 1. The molecule has 0 fully saturated rings. The van der Waals surface area contributed by atoms with Crippen LogP contribution in [0, 0.1) is 10.1 Å². The molecule has 23 heavy (non-hydrogen) atoms. The summed E-state index contributed by atoms with van der Waals surface area (Å²) in [7, 11) is 0. The van der Waals surface area contributed by atoms with Crippen molar-refractivity contribution in [1.29, 1.82) is 0 Å². The van der Waals surface area contributed by atoms with Crippen LogP contribution in [0.2, 0.25) is 0 Å². The zero-order chi connectivity index (χ0) is 16.8. The van der Waals surface area contributed by atoms with E-state index in [0.29, 0.717) is 13.0 Å². The van der Waals surface area contributed by atoms with Gasteiger partial charge in [-0.2, -0.15) is 0 Å². The minimum absolute atomic E-state index is 0.185. The van der Waals surface area contributed by atoms with E-state index in [-0.39, 0.29) is 29.7 Å². The van der Waals surface area contributed by atoms with Gasteiger partial charge in [-0.25, -0.2) is 4.98 Å². The van der Waals surface area contributed by atoms with Crippen LogP contribution in [0.4, 0.5) is 17.3 Å². The average Bonchev–Trinajstić information content (AvgIpc) is 2.53. The summed E-state index contributed by atoms with van der Waals surface area (Å²) >= 11 is 0. The van der Waals surface area contributed by atoms with Crippen LogP contribution in [0.25, 0.3) is 0 Å². The number of nitrogens with two attached hydrogens (primary N) is 2. The molecule has 0 aliphatic heterocycles. The predicted octanol–water partition coefficient (Wildman–Crippen LogP) is 1.60. The summed E-state index contributed by atoms with van der Waals surface area (Å²) in [5.41, 5.74) is 12.9. The van der Waals surface area contributed by atoms with E-state index in [1.54, 1.807) is 0 Å². The topological polar surface area (TPSA) is 137 Å². The second kappa shape index (κ2) is 7.32. The van der Waals surface area contributed by atoms with E-state index in [0.717, 1.165) is 11.1 Å². The van der Waals surface area contributed by atoms with Crippen LogP contribution in [0.15, 0.2) is 36.4 Å². The number of carbonyl (C=O) groups is 1. The van der Waals surface area contributed by atoms with Gasteiger partial charge < -0.3 is 16.8 Å². The molecule has 2 rings (SSSR count). The molecule has 1 amide bonds. The molecular weight excluding hydrogens is 298 g/mol. The molecule has 5 N–H and O–H groups in total. The van der Waals surface area contributed by atoms with Gasteiger partial charge in [0.25, 0.3) is 0 Å². The molecule has 0 unspecified atom stereocenters. The van der Waals surface area contributed by atoms with Crippen LogP contribution < -0.4 is 16.8 Å². The number of nitrogen functional groups attached to an aromatic ring is 1. The molecule has 8 heteroatoms. The number of nitrogens with zero attached hydrogens (tertiary/aromatic N) is 2. The van der Waals surface area contributed by atoms with Crippen LogP contribution in [-0.4, -0.2) is 15.8 Å². The number of carbonyl (C=O) groups excluding carboxylic acids is 1. The van der Waals surface area contributed by atoms with E-state index in [4.69, 9.17) is 11.5 Å². The van der Waals surface area contributed by atoms with Crippen molar-refractivity contribution in [1.82, 2.24) is 4.98 Å². The first-order valence-corrected chi connectivity index (χ1v) is 6.99. The minimum Gasteiger partial charge on any atom is -0.378 e. The van der Waals surface area contributed by atoms with Crippen LogP contribution in [0.5, 0.6) is 0 Å². The Morgan fingerprint density at radius 2 is 1.91 bits per heavy atom. The number of benzene rings is 1. The smallest absolute Gasteiger partial charge is 0.311 e. The van der Waals surface area contributed by atoms with Crippen molar-refractivity contribution < 1.29 is 9.72 Å². The summed E-state index contributed by atoms with van der Waals surface area (Å²) < 4.78 is 0. The molecule has 1 aromatic heterocycles. The molecule has 120 valence electrons. The minimum atomic E-state index is -0.627. The molecule has 0 radical (unpaired) electrons. The number of hydrogen-bond donors (Lipinski definition) is 3. The Hall–Kier alpha value is -3.00. The zero-order valence-electron chi connectivity index (χ0n) is 12.4. The highest BCUT2D eigenvalue weighted by atomic mass is 16.6. The summed E-state index contributed by atoms with van der Waals surface area (Å²) in [4.78, 5) is 25.8. The van der Waals surface area contributed by atoms with E-state index in [2.05, 4.69) is 10.3 Å². The number of hydrogen-bond acceptors (Lipinski definition) is 6. The number of nitro groups is 1.